The van der Waals surface area contributed by atoms with E-state index < -0.39 is 17.9 Å². The average Bonchev–Trinajstić information content (AvgIpc) is 3.06. The number of carboxylic acids is 1. The highest BCUT2D eigenvalue weighted by molar-refractivity contribution is 5.91. The van der Waals surface area contributed by atoms with Gasteiger partial charge in [-0.05, 0) is 32.9 Å². The topological polar surface area (TPSA) is 89.9 Å². The molecule has 22 heavy (non-hydrogen) atoms. The molecule has 124 valence electrons. The predicted octanol–water partition coefficient (Wildman–Crippen LogP) is -0.0915. The third-order valence-electron chi connectivity index (χ3n) is 4.65. The Hall–Kier alpha value is -1.63. The summed E-state index contributed by atoms with van der Waals surface area (Å²) >= 11 is 0. The number of likely N-dealkylation sites (N-methyl/N-ethyl adjacent to an activating group) is 1. The zero-order valence-electron chi connectivity index (χ0n) is 13.2. The predicted molar refractivity (Wildman–Crippen MR) is 80.2 cm³/mol. The summed E-state index contributed by atoms with van der Waals surface area (Å²) in [5.41, 5.74) is 0. The van der Waals surface area contributed by atoms with Gasteiger partial charge in [-0.1, -0.05) is 6.92 Å². The lowest BCUT2D eigenvalue weighted by atomic mass is 10.1. The van der Waals surface area contributed by atoms with Crippen LogP contribution in [0.3, 0.4) is 0 Å². The van der Waals surface area contributed by atoms with E-state index in [9.17, 15) is 14.4 Å². The highest BCUT2D eigenvalue weighted by atomic mass is 16.4. The molecule has 2 rings (SSSR count). The fourth-order valence-electron chi connectivity index (χ4n) is 3.29. The summed E-state index contributed by atoms with van der Waals surface area (Å²) in [5.74, 6) is -1.86. The molecule has 2 heterocycles. The molecular formula is C15H25N3O4. The van der Waals surface area contributed by atoms with Gasteiger partial charge in [0.15, 0.2) is 0 Å². The quantitative estimate of drug-likeness (QED) is 0.715. The summed E-state index contributed by atoms with van der Waals surface area (Å²) in [5, 5.41) is 11.3. The molecule has 0 aromatic rings. The van der Waals surface area contributed by atoms with Crippen LogP contribution in [0.5, 0.6) is 0 Å². The minimum Gasteiger partial charge on any atom is -0.480 e. The molecule has 0 radical (unpaired) electrons. The molecule has 2 amide bonds. The standard InChI is InChI=1S/C15H25N3O4/c1-3-17-6-4-5-12(17)9-18-8-11(7-13(18)19)14(20)16-10(2)15(21)22/h10-12H,3-9H2,1-2H3,(H,16,20)(H,21,22)/t10-,11?,12?/m0/s1. The second-order valence-corrected chi connectivity index (χ2v) is 6.19. The Balaban J connectivity index is 1.87. The molecule has 0 bridgehead atoms. The van der Waals surface area contributed by atoms with E-state index in [4.69, 9.17) is 5.11 Å². The lowest BCUT2D eigenvalue weighted by Gasteiger charge is -2.27. The minimum absolute atomic E-state index is 0.00826. The Morgan fingerprint density at radius 1 is 1.45 bits per heavy atom. The fourth-order valence-corrected chi connectivity index (χ4v) is 3.29. The van der Waals surface area contributed by atoms with E-state index in [1.807, 2.05) is 0 Å². The number of rotatable bonds is 6. The molecule has 7 nitrogen and oxygen atoms in total. The normalized spacial score (nSPS) is 27.2. The Labute approximate surface area is 130 Å². The van der Waals surface area contributed by atoms with Crippen LogP contribution in [0.15, 0.2) is 0 Å². The number of carboxylic acid groups (broad SMARTS) is 1. The first kappa shape index (κ1) is 16.7. The number of nitrogens with zero attached hydrogens (tertiary/aromatic N) is 2. The molecule has 2 N–H and O–H groups in total. The lowest BCUT2D eigenvalue weighted by molar-refractivity contribution is -0.141. The van der Waals surface area contributed by atoms with Gasteiger partial charge >= 0.3 is 5.97 Å². The summed E-state index contributed by atoms with van der Waals surface area (Å²) in [6.07, 6.45) is 2.42. The summed E-state index contributed by atoms with van der Waals surface area (Å²) in [7, 11) is 0. The van der Waals surface area contributed by atoms with Gasteiger partial charge in [0.1, 0.15) is 6.04 Å². The summed E-state index contributed by atoms with van der Waals surface area (Å²) in [6.45, 7) is 6.66. The van der Waals surface area contributed by atoms with Crippen molar-refractivity contribution in [3.63, 3.8) is 0 Å². The van der Waals surface area contributed by atoms with E-state index in [-0.39, 0.29) is 18.2 Å². The smallest absolute Gasteiger partial charge is 0.325 e. The summed E-state index contributed by atoms with van der Waals surface area (Å²) < 4.78 is 0. The Morgan fingerprint density at radius 3 is 2.82 bits per heavy atom. The maximum atomic E-state index is 12.1. The van der Waals surface area contributed by atoms with E-state index in [1.54, 1.807) is 4.90 Å². The van der Waals surface area contributed by atoms with E-state index >= 15 is 0 Å². The third-order valence-corrected chi connectivity index (χ3v) is 4.65. The van der Waals surface area contributed by atoms with Crippen LogP contribution in [0.1, 0.15) is 33.1 Å². The van der Waals surface area contributed by atoms with Crippen LogP contribution in [-0.2, 0) is 14.4 Å². The Kier molecular flexibility index (Phi) is 5.39. The van der Waals surface area contributed by atoms with Crippen molar-refractivity contribution in [2.75, 3.05) is 26.2 Å². The van der Waals surface area contributed by atoms with Crippen LogP contribution in [0.25, 0.3) is 0 Å². The summed E-state index contributed by atoms with van der Waals surface area (Å²) in [6, 6.07) is -0.546. The Morgan fingerprint density at radius 2 is 2.18 bits per heavy atom. The lowest BCUT2D eigenvalue weighted by Crippen LogP contribution is -2.43. The molecular weight excluding hydrogens is 286 g/mol. The second kappa shape index (κ2) is 7.09. The van der Waals surface area contributed by atoms with Gasteiger partial charge in [0.2, 0.25) is 11.8 Å². The van der Waals surface area contributed by atoms with Crippen molar-refractivity contribution in [2.45, 2.75) is 45.2 Å². The van der Waals surface area contributed by atoms with Gasteiger partial charge in [0, 0.05) is 25.6 Å². The minimum atomic E-state index is -1.07. The molecule has 7 heteroatoms. The van der Waals surface area contributed by atoms with E-state index in [1.165, 1.54) is 6.92 Å². The van der Waals surface area contributed by atoms with Crippen LogP contribution in [0, 0.1) is 5.92 Å². The number of nitrogens with one attached hydrogen (secondary N) is 1. The molecule has 0 spiro atoms. The first-order valence-electron chi connectivity index (χ1n) is 7.97. The number of carbonyl (C=O) groups excluding carboxylic acids is 2. The molecule has 0 aromatic carbocycles. The highest BCUT2D eigenvalue weighted by Gasteiger charge is 2.37. The van der Waals surface area contributed by atoms with E-state index in [0.717, 1.165) is 25.9 Å². The van der Waals surface area contributed by atoms with E-state index in [0.29, 0.717) is 19.1 Å². The van der Waals surface area contributed by atoms with Crippen molar-refractivity contribution in [1.82, 2.24) is 15.1 Å². The SMILES string of the molecule is CCN1CCCC1CN1CC(C(=O)N[C@@H](C)C(=O)O)CC1=O. The number of aliphatic carboxylic acids is 1. The average molecular weight is 311 g/mol. The highest BCUT2D eigenvalue weighted by Crippen LogP contribution is 2.23. The molecule has 3 atom stereocenters. The first-order chi connectivity index (χ1) is 10.4. The van der Waals surface area contributed by atoms with Gasteiger partial charge in [0.05, 0.1) is 5.92 Å². The van der Waals surface area contributed by atoms with Gasteiger partial charge < -0.3 is 15.3 Å². The zero-order chi connectivity index (χ0) is 16.3. The number of amides is 2. The molecule has 2 saturated heterocycles. The van der Waals surface area contributed by atoms with Crippen molar-refractivity contribution < 1.29 is 19.5 Å². The van der Waals surface area contributed by atoms with Crippen LogP contribution >= 0.6 is 0 Å². The van der Waals surface area contributed by atoms with Crippen LogP contribution in [-0.4, -0.2) is 71.0 Å². The molecule has 2 fully saturated rings. The van der Waals surface area contributed by atoms with Crippen LogP contribution in [0.4, 0.5) is 0 Å². The third kappa shape index (κ3) is 3.76. The van der Waals surface area contributed by atoms with Crippen molar-refractivity contribution in [1.29, 1.82) is 0 Å². The number of hydrogen-bond donors (Lipinski definition) is 2. The number of hydrogen-bond acceptors (Lipinski definition) is 4. The van der Waals surface area contributed by atoms with Crippen molar-refractivity contribution in [2.24, 2.45) is 5.92 Å². The maximum Gasteiger partial charge on any atom is 0.325 e. The monoisotopic (exact) mass is 311 g/mol. The molecule has 2 aliphatic rings. The fraction of sp³-hybridized carbons (Fsp3) is 0.800. The summed E-state index contributed by atoms with van der Waals surface area (Å²) in [4.78, 5) is 39.1. The Bertz CT molecular complexity index is 454. The molecule has 0 aromatic heterocycles. The molecule has 0 saturated carbocycles. The molecule has 2 unspecified atom stereocenters. The van der Waals surface area contributed by atoms with Crippen molar-refractivity contribution in [3.8, 4) is 0 Å². The van der Waals surface area contributed by atoms with E-state index in [2.05, 4.69) is 17.1 Å². The van der Waals surface area contributed by atoms with Crippen LogP contribution in [0.2, 0.25) is 0 Å². The van der Waals surface area contributed by atoms with Crippen molar-refractivity contribution in [3.05, 3.63) is 0 Å². The molecule has 2 aliphatic heterocycles. The largest absolute Gasteiger partial charge is 0.480 e. The maximum absolute atomic E-state index is 12.1. The van der Waals surface area contributed by atoms with Gasteiger partial charge in [-0.3, -0.25) is 19.3 Å². The van der Waals surface area contributed by atoms with Gasteiger partial charge in [-0.2, -0.15) is 0 Å². The second-order valence-electron chi connectivity index (χ2n) is 6.19. The van der Waals surface area contributed by atoms with Gasteiger partial charge in [-0.25, -0.2) is 0 Å². The first-order valence-corrected chi connectivity index (χ1v) is 7.97. The van der Waals surface area contributed by atoms with Crippen LogP contribution < -0.4 is 5.32 Å². The van der Waals surface area contributed by atoms with Crippen molar-refractivity contribution >= 4 is 17.8 Å². The van der Waals surface area contributed by atoms with Gasteiger partial charge in [0.25, 0.3) is 0 Å². The zero-order valence-corrected chi connectivity index (χ0v) is 13.2. The molecule has 0 aliphatic carbocycles. The van der Waals surface area contributed by atoms with Gasteiger partial charge in [-0.15, -0.1) is 0 Å². The number of likely N-dealkylation sites (tertiary alicyclic amines) is 2. The number of carbonyl (C=O) groups is 3.